The van der Waals surface area contributed by atoms with Crippen molar-refractivity contribution in [3.8, 4) is 0 Å². The summed E-state index contributed by atoms with van der Waals surface area (Å²) in [6.45, 7) is -0.572. The van der Waals surface area contributed by atoms with Crippen LogP contribution in [-0.4, -0.2) is 44.3 Å². The third kappa shape index (κ3) is 3.61. The monoisotopic (exact) mass is 673 g/mol. The zero-order valence-electron chi connectivity index (χ0n) is 18.4. The average molecular weight is 677 g/mol. The zero-order valence-corrected chi connectivity index (χ0v) is 24.5. The molecule has 2 aromatic rings. The topological polar surface area (TPSA) is 80.8 Å². The zero-order chi connectivity index (χ0) is 27.9. The van der Waals surface area contributed by atoms with Gasteiger partial charge in [-0.15, -0.1) is 23.2 Å². The van der Waals surface area contributed by atoms with Gasteiger partial charge in [0, 0.05) is 10.6 Å². The Morgan fingerprint density at radius 2 is 1.34 bits per heavy atom. The number of alkyl halides is 4. The molecule has 1 saturated carbocycles. The number of Topliss-reactive ketones (excluding diaryl/α,β-unsaturated/α-hetero) is 1. The number of carbonyl (C=O) groups excluding carboxylic acids is 4. The molecule has 6 nitrogen and oxygen atoms in total. The largest absolute Gasteiger partial charge is 0.454 e. The summed E-state index contributed by atoms with van der Waals surface area (Å²) in [5.74, 6) is -5.38. The van der Waals surface area contributed by atoms with Crippen molar-refractivity contribution in [1.29, 1.82) is 0 Å². The first kappa shape index (κ1) is 28.3. The molecule has 0 aromatic heterocycles. The van der Waals surface area contributed by atoms with Gasteiger partial charge >= 0.3 is 5.97 Å². The fraction of sp³-hybridized carbons (Fsp3) is 0.250. The van der Waals surface area contributed by atoms with Crippen LogP contribution in [0.5, 0.6) is 0 Å². The van der Waals surface area contributed by atoms with E-state index in [0.717, 1.165) is 4.90 Å². The summed E-state index contributed by atoms with van der Waals surface area (Å²) in [6, 6.07) is 9.64. The molecule has 1 heterocycles. The Balaban J connectivity index is 1.34. The molecule has 1 saturated heterocycles. The van der Waals surface area contributed by atoms with Crippen LogP contribution in [0, 0.1) is 11.8 Å². The van der Waals surface area contributed by atoms with Gasteiger partial charge in [-0.25, -0.2) is 9.69 Å². The molecule has 0 spiro atoms. The summed E-state index contributed by atoms with van der Waals surface area (Å²) in [5.41, 5.74) is 0.322. The molecule has 14 heteroatoms. The predicted octanol–water partition coefficient (Wildman–Crippen LogP) is 6.98. The molecule has 3 aliphatic rings. The number of carbonyl (C=O) groups is 4. The van der Waals surface area contributed by atoms with Crippen LogP contribution in [0.2, 0.25) is 10.0 Å². The number of ether oxygens (including phenoxy) is 1. The molecule has 4 atom stereocenters. The van der Waals surface area contributed by atoms with E-state index in [1.54, 1.807) is 0 Å². The van der Waals surface area contributed by atoms with Crippen molar-refractivity contribution in [2.24, 2.45) is 11.8 Å². The van der Waals surface area contributed by atoms with Gasteiger partial charge in [-0.2, -0.15) is 0 Å². The van der Waals surface area contributed by atoms with Crippen molar-refractivity contribution in [2.45, 2.75) is 14.1 Å². The highest BCUT2D eigenvalue weighted by atomic mass is 35.5. The lowest BCUT2D eigenvalue weighted by Gasteiger charge is -2.34. The molecule has 4 unspecified atom stereocenters. The van der Waals surface area contributed by atoms with Crippen LogP contribution in [0.25, 0.3) is 0 Å². The normalized spacial score (nSPS) is 29.2. The van der Waals surface area contributed by atoms with Gasteiger partial charge in [0.2, 0.25) is 17.6 Å². The molecule has 198 valence electrons. The minimum Gasteiger partial charge on any atom is -0.454 e. The van der Waals surface area contributed by atoms with E-state index in [0.29, 0.717) is 5.02 Å². The van der Waals surface area contributed by atoms with Crippen molar-refractivity contribution < 1.29 is 23.9 Å². The summed E-state index contributed by atoms with van der Waals surface area (Å²) in [6.07, 6.45) is 0. The van der Waals surface area contributed by atoms with Crippen LogP contribution in [0.3, 0.4) is 0 Å². The fourth-order valence-corrected chi connectivity index (χ4v) is 8.45. The van der Waals surface area contributed by atoms with Gasteiger partial charge in [-0.05, 0) is 42.5 Å². The lowest BCUT2D eigenvalue weighted by atomic mass is 9.84. The second-order valence-electron chi connectivity index (χ2n) is 8.76. The predicted molar refractivity (Wildman–Crippen MR) is 147 cm³/mol. The van der Waals surface area contributed by atoms with Crippen molar-refractivity contribution in [1.82, 2.24) is 0 Å². The second kappa shape index (κ2) is 9.42. The lowest BCUT2D eigenvalue weighted by molar-refractivity contribution is -0.123. The van der Waals surface area contributed by atoms with Crippen LogP contribution in [-0.2, 0) is 14.3 Å². The van der Waals surface area contributed by atoms with E-state index in [1.807, 2.05) is 0 Å². The maximum absolute atomic E-state index is 13.4. The number of allylic oxidation sites excluding steroid dienone is 2. The third-order valence-corrected chi connectivity index (χ3v) is 11.6. The molecule has 2 aliphatic carbocycles. The van der Waals surface area contributed by atoms with Crippen LogP contribution >= 0.6 is 92.8 Å². The van der Waals surface area contributed by atoms with Gasteiger partial charge in [0.05, 0.1) is 38.2 Å². The van der Waals surface area contributed by atoms with Gasteiger partial charge < -0.3 is 4.74 Å². The van der Waals surface area contributed by atoms with Gasteiger partial charge in [0.25, 0.3) is 0 Å². The number of anilines is 1. The highest BCUT2D eigenvalue weighted by Gasteiger charge is 2.87. The Morgan fingerprint density at radius 3 is 1.84 bits per heavy atom. The molecule has 0 N–H and O–H groups in total. The van der Waals surface area contributed by atoms with E-state index in [9.17, 15) is 19.2 Å². The average Bonchev–Trinajstić information content (AvgIpc) is 3.25. The molecular weight excluding hydrogens is 666 g/mol. The van der Waals surface area contributed by atoms with Crippen molar-refractivity contribution in [3.05, 3.63) is 73.7 Å². The van der Waals surface area contributed by atoms with E-state index < -0.39 is 56.1 Å². The van der Waals surface area contributed by atoms with Gasteiger partial charge in [0.1, 0.15) is 9.75 Å². The molecule has 2 fully saturated rings. The summed E-state index contributed by atoms with van der Waals surface area (Å²) < 4.78 is 3.04. The first-order valence-corrected chi connectivity index (χ1v) is 13.7. The molecule has 2 aromatic carbocycles. The minimum absolute atomic E-state index is 0.0547. The summed E-state index contributed by atoms with van der Waals surface area (Å²) >= 11 is 50.8. The number of imide groups is 1. The third-order valence-electron chi connectivity index (χ3n) is 6.84. The van der Waals surface area contributed by atoms with Gasteiger partial charge in [0.15, 0.2) is 10.9 Å². The van der Waals surface area contributed by atoms with Gasteiger partial charge in [-0.1, -0.05) is 69.6 Å². The smallest absolute Gasteiger partial charge is 0.338 e. The molecule has 38 heavy (non-hydrogen) atoms. The van der Waals surface area contributed by atoms with Crippen molar-refractivity contribution >= 4 is 122 Å². The number of hydrogen-bond donors (Lipinski definition) is 0. The van der Waals surface area contributed by atoms with Crippen molar-refractivity contribution in [2.75, 3.05) is 11.5 Å². The first-order valence-electron chi connectivity index (χ1n) is 10.6. The number of ketones is 1. The number of rotatable bonds is 5. The maximum Gasteiger partial charge on any atom is 0.338 e. The molecule has 2 bridgehead atoms. The number of benzene rings is 2. The van der Waals surface area contributed by atoms with E-state index in [1.165, 1.54) is 42.5 Å². The number of nitrogens with zero attached hydrogens (tertiary/aromatic N) is 1. The SMILES string of the molecule is O=C(OCC(=O)c1ccc(Cl)cc1Cl)c1ccc(N2C(=O)C3C(C2=O)C2(Cl)C(Cl)=C(Cl)C3(Cl)C2(Cl)Cl)cc1. The molecule has 2 amide bonds. The van der Waals surface area contributed by atoms with Gasteiger partial charge in [-0.3, -0.25) is 14.4 Å². The second-order valence-corrected chi connectivity index (χ2v) is 12.9. The number of amides is 2. The maximum atomic E-state index is 13.4. The summed E-state index contributed by atoms with van der Waals surface area (Å²) in [5, 5.41) is 0.0801. The quantitative estimate of drug-likeness (QED) is 0.148. The van der Waals surface area contributed by atoms with Crippen LogP contribution in [0.1, 0.15) is 20.7 Å². The standard InChI is InChI=1S/C24H11Cl8NO5/c25-10-3-6-12(13(26)7-10)14(34)8-38-21(37)9-1-4-11(5-2-9)33-19(35)15-16(20(33)36)23(30)18(28)17(27)22(15,29)24(23,31)32/h1-7,15-16H,8H2. The van der Waals surface area contributed by atoms with Crippen molar-refractivity contribution in [3.63, 3.8) is 0 Å². The number of halogens is 8. The minimum atomic E-state index is -2.04. The molecular formula is C24H11Cl8NO5. The van der Waals surface area contributed by atoms with E-state index >= 15 is 0 Å². The highest BCUT2D eigenvalue weighted by molar-refractivity contribution is 6.67. The van der Waals surface area contributed by atoms with Crippen LogP contribution in [0.4, 0.5) is 5.69 Å². The Labute approximate surface area is 255 Å². The Morgan fingerprint density at radius 1 is 0.816 bits per heavy atom. The van der Waals surface area contributed by atoms with Crippen LogP contribution < -0.4 is 4.90 Å². The number of hydrogen-bond acceptors (Lipinski definition) is 5. The summed E-state index contributed by atoms with van der Waals surface area (Å²) in [4.78, 5) is 48.7. The number of fused-ring (bicyclic) bond motifs is 5. The Hall–Kier alpha value is -1.22. The molecule has 5 rings (SSSR count). The fourth-order valence-electron chi connectivity index (χ4n) is 5.00. The number of esters is 1. The van der Waals surface area contributed by atoms with E-state index in [-0.39, 0.29) is 31.9 Å². The van der Waals surface area contributed by atoms with Crippen LogP contribution in [0.15, 0.2) is 52.5 Å². The highest BCUT2D eigenvalue weighted by Crippen LogP contribution is 2.77. The molecule has 0 radical (unpaired) electrons. The summed E-state index contributed by atoms with van der Waals surface area (Å²) in [7, 11) is 0. The Bertz CT molecular complexity index is 1430. The lowest BCUT2D eigenvalue weighted by Crippen LogP contribution is -2.50. The first-order chi connectivity index (χ1) is 17.7. The molecule has 1 aliphatic heterocycles. The van der Waals surface area contributed by atoms with E-state index in [2.05, 4.69) is 0 Å². The Kier molecular flexibility index (Phi) is 7.02. The van der Waals surface area contributed by atoms with E-state index in [4.69, 9.17) is 97.5 Å².